The van der Waals surface area contributed by atoms with E-state index in [0.29, 0.717) is 0 Å². The summed E-state index contributed by atoms with van der Waals surface area (Å²) in [4.78, 5) is 0. The van der Waals surface area contributed by atoms with Gasteiger partial charge in [-0.25, -0.2) is 0 Å². The van der Waals surface area contributed by atoms with Gasteiger partial charge in [-0.05, 0) is 30.8 Å². The molecular weight excluding hydrogens is 186 g/mol. The standard InChI is InChI=1S/C12H14N3/c1-2-10-11(8-15-12(10)14-5-1)9-3-6-13-7-4-9/h1-3,5,8,13-15H,4,6-7H2. The molecule has 15 heavy (non-hydrogen) atoms. The van der Waals surface area contributed by atoms with Crippen molar-refractivity contribution in [2.24, 2.45) is 0 Å². The Morgan fingerprint density at radius 2 is 2.13 bits per heavy atom. The zero-order valence-corrected chi connectivity index (χ0v) is 8.51. The zero-order chi connectivity index (χ0) is 10.1. The van der Waals surface area contributed by atoms with Gasteiger partial charge in [0.25, 0.3) is 0 Å². The van der Waals surface area contributed by atoms with Crippen molar-refractivity contribution in [1.29, 1.82) is 0 Å². The highest BCUT2D eigenvalue weighted by molar-refractivity contribution is 5.59. The first-order valence-electron chi connectivity index (χ1n) is 5.33. The van der Waals surface area contributed by atoms with Crippen molar-refractivity contribution in [3.63, 3.8) is 0 Å². The van der Waals surface area contributed by atoms with Gasteiger partial charge in [-0.3, -0.25) is 0 Å². The van der Waals surface area contributed by atoms with E-state index >= 15 is 0 Å². The predicted octanol–water partition coefficient (Wildman–Crippen LogP) is 0.926. The summed E-state index contributed by atoms with van der Waals surface area (Å²) >= 11 is 0. The molecule has 0 amide bonds. The minimum atomic E-state index is 0.985. The largest absolute Gasteiger partial charge is 0.361 e. The van der Waals surface area contributed by atoms with E-state index in [2.05, 4.69) is 34.3 Å². The zero-order valence-electron chi connectivity index (χ0n) is 8.51. The fraction of sp³-hybridized carbons (Fsp3) is 0.250. The summed E-state index contributed by atoms with van der Waals surface area (Å²) in [5, 5.41) is 9.81. The normalized spacial score (nSPS) is 24.7. The quantitative estimate of drug-likeness (QED) is 0.589. The van der Waals surface area contributed by atoms with Gasteiger partial charge in [0.1, 0.15) is 0 Å². The highest BCUT2D eigenvalue weighted by Crippen LogP contribution is 2.32. The van der Waals surface area contributed by atoms with Crippen LogP contribution < -0.4 is 16.0 Å². The second-order valence-electron chi connectivity index (χ2n) is 3.84. The van der Waals surface area contributed by atoms with Crippen molar-refractivity contribution in [1.82, 2.24) is 16.0 Å². The topological polar surface area (TPSA) is 36.1 Å². The summed E-state index contributed by atoms with van der Waals surface area (Å²) in [5.74, 6) is 0. The molecule has 0 fully saturated rings. The molecular formula is C12H14N3. The summed E-state index contributed by atoms with van der Waals surface area (Å²) in [6, 6.07) is 0. The molecule has 0 aromatic heterocycles. The predicted molar refractivity (Wildman–Crippen MR) is 60.4 cm³/mol. The Labute approximate surface area is 89.6 Å². The van der Waals surface area contributed by atoms with Gasteiger partial charge in [0.05, 0.1) is 0 Å². The van der Waals surface area contributed by atoms with Crippen LogP contribution in [-0.4, -0.2) is 13.1 Å². The Kier molecular flexibility index (Phi) is 2.10. The highest BCUT2D eigenvalue weighted by Gasteiger charge is 2.26. The van der Waals surface area contributed by atoms with Gasteiger partial charge in [-0.15, -0.1) is 0 Å². The van der Waals surface area contributed by atoms with Gasteiger partial charge < -0.3 is 16.0 Å². The number of hydrogen-bond acceptors (Lipinski definition) is 3. The Morgan fingerprint density at radius 3 is 3.00 bits per heavy atom. The number of fused-ring (bicyclic) bond motifs is 1. The number of allylic oxidation sites excluding steroid dienone is 2. The SMILES string of the molecule is C1=CN[C]2NC=C(C3=CCNCC3)C2=C1. The van der Waals surface area contributed by atoms with Crippen LogP contribution in [0.25, 0.3) is 0 Å². The van der Waals surface area contributed by atoms with Crippen LogP contribution in [0.1, 0.15) is 6.42 Å². The molecule has 3 heterocycles. The summed E-state index contributed by atoms with van der Waals surface area (Å²) in [7, 11) is 0. The molecule has 0 aromatic rings. The monoisotopic (exact) mass is 200 g/mol. The lowest BCUT2D eigenvalue weighted by Gasteiger charge is -2.19. The second-order valence-corrected chi connectivity index (χ2v) is 3.84. The summed E-state index contributed by atoms with van der Waals surface area (Å²) in [6.07, 6.45) is 12.7. The van der Waals surface area contributed by atoms with Crippen molar-refractivity contribution in [3.8, 4) is 0 Å². The molecule has 0 bridgehead atoms. The van der Waals surface area contributed by atoms with E-state index in [-0.39, 0.29) is 0 Å². The third-order valence-corrected chi connectivity index (χ3v) is 2.92. The van der Waals surface area contributed by atoms with Gasteiger partial charge in [0, 0.05) is 23.9 Å². The Balaban J connectivity index is 1.90. The van der Waals surface area contributed by atoms with E-state index in [0.717, 1.165) is 25.7 Å². The maximum absolute atomic E-state index is 3.33. The molecule has 0 atom stereocenters. The maximum atomic E-state index is 3.33. The molecule has 3 aliphatic rings. The van der Waals surface area contributed by atoms with Crippen molar-refractivity contribution < 1.29 is 0 Å². The molecule has 77 valence electrons. The molecule has 0 saturated heterocycles. The van der Waals surface area contributed by atoms with Crippen LogP contribution in [0.3, 0.4) is 0 Å². The first kappa shape index (κ1) is 8.80. The van der Waals surface area contributed by atoms with E-state index in [1.165, 1.54) is 16.7 Å². The fourth-order valence-electron chi connectivity index (χ4n) is 2.14. The van der Waals surface area contributed by atoms with E-state index < -0.39 is 0 Å². The van der Waals surface area contributed by atoms with E-state index in [9.17, 15) is 0 Å². The molecule has 0 spiro atoms. The van der Waals surface area contributed by atoms with Gasteiger partial charge in [0.2, 0.25) is 0 Å². The van der Waals surface area contributed by atoms with E-state index in [1.807, 2.05) is 12.3 Å². The minimum absolute atomic E-state index is 0.985. The van der Waals surface area contributed by atoms with E-state index in [1.54, 1.807) is 0 Å². The maximum Gasteiger partial charge on any atom is 0.182 e. The first-order valence-corrected chi connectivity index (χ1v) is 5.33. The molecule has 0 saturated carbocycles. The average molecular weight is 200 g/mol. The van der Waals surface area contributed by atoms with Crippen molar-refractivity contribution in [2.45, 2.75) is 6.42 Å². The Bertz CT molecular complexity index is 388. The first-order chi connectivity index (χ1) is 7.45. The van der Waals surface area contributed by atoms with Gasteiger partial charge in [-0.2, -0.15) is 0 Å². The number of hydrogen-bond donors (Lipinski definition) is 3. The number of nitrogens with one attached hydrogen (secondary N) is 3. The van der Waals surface area contributed by atoms with Crippen molar-refractivity contribution >= 4 is 0 Å². The second kappa shape index (κ2) is 3.59. The molecule has 0 aromatic carbocycles. The van der Waals surface area contributed by atoms with Crippen LogP contribution in [0.15, 0.2) is 47.3 Å². The number of dihydropyridines is 1. The Morgan fingerprint density at radius 1 is 1.13 bits per heavy atom. The molecule has 3 heteroatoms. The lowest BCUT2D eigenvalue weighted by atomic mass is 9.94. The van der Waals surface area contributed by atoms with Crippen LogP contribution in [-0.2, 0) is 0 Å². The minimum Gasteiger partial charge on any atom is -0.361 e. The summed E-state index contributed by atoms with van der Waals surface area (Å²) in [6.45, 7) is 2.06. The third-order valence-electron chi connectivity index (χ3n) is 2.92. The molecule has 3 nitrogen and oxygen atoms in total. The molecule has 3 N–H and O–H groups in total. The molecule has 0 unspecified atom stereocenters. The fourth-order valence-corrected chi connectivity index (χ4v) is 2.14. The van der Waals surface area contributed by atoms with Crippen LogP contribution in [0.4, 0.5) is 0 Å². The molecule has 3 aliphatic heterocycles. The van der Waals surface area contributed by atoms with Crippen molar-refractivity contribution in [3.05, 3.63) is 53.5 Å². The van der Waals surface area contributed by atoms with Crippen LogP contribution >= 0.6 is 0 Å². The molecule has 3 rings (SSSR count). The van der Waals surface area contributed by atoms with Crippen molar-refractivity contribution in [2.75, 3.05) is 13.1 Å². The van der Waals surface area contributed by atoms with Gasteiger partial charge >= 0.3 is 0 Å². The Hall–Kier alpha value is -1.48. The average Bonchev–Trinajstić information content (AvgIpc) is 2.74. The van der Waals surface area contributed by atoms with Gasteiger partial charge in [0.15, 0.2) is 6.17 Å². The summed E-state index contributed by atoms with van der Waals surface area (Å²) in [5.41, 5.74) is 4.06. The van der Waals surface area contributed by atoms with Crippen LogP contribution in [0.2, 0.25) is 0 Å². The summed E-state index contributed by atoms with van der Waals surface area (Å²) < 4.78 is 0. The lowest BCUT2D eigenvalue weighted by Crippen LogP contribution is -2.27. The highest BCUT2D eigenvalue weighted by atomic mass is 15.1. The third kappa shape index (κ3) is 1.49. The lowest BCUT2D eigenvalue weighted by molar-refractivity contribution is 0.708. The molecule has 0 aliphatic carbocycles. The van der Waals surface area contributed by atoms with Crippen LogP contribution in [0, 0.1) is 6.17 Å². The van der Waals surface area contributed by atoms with E-state index in [4.69, 9.17) is 0 Å². The number of rotatable bonds is 1. The van der Waals surface area contributed by atoms with Crippen LogP contribution in [0.5, 0.6) is 0 Å². The van der Waals surface area contributed by atoms with Gasteiger partial charge in [-0.1, -0.05) is 12.2 Å². The molecule has 1 radical (unpaired) electrons. The smallest absolute Gasteiger partial charge is 0.182 e.